The van der Waals surface area contributed by atoms with E-state index >= 15 is 0 Å². The molecule has 0 bridgehead atoms. The molecule has 0 aromatic carbocycles. The fourth-order valence-corrected chi connectivity index (χ4v) is 4.51. The summed E-state index contributed by atoms with van der Waals surface area (Å²) in [5.74, 6) is -2.88. The molecule has 3 aliphatic rings. The van der Waals surface area contributed by atoms with E-state index in [1.54, 1.807) is 26.8 Å². The fraction of sp³-hybridized carbons (Fsp3) is 0.550. The molecule has 2 aliphatic carbocycles. The number of allylic oxidation sites excluding steroid dienone is 3. The van der Waals surface area contributed by atoms with Crippen molar-refractivity contribution in [1.82, 2.24) is 0 Å². The number of hydrogen-bond acceptors (Lipinski definition) is 6. The van der Waals surface area contributed by atoms with Gasteiger partial charge in [-0.15, -0.1) is 0 Å². The highest BCUT2D eigenvalue weighted by atomic mass is 16.6. The molecule has 0 aromatic rings. The van der Waals surface area contributed by atoms with E-state index in [1.165, 1.54) is 12.2 Å². The van der Waals surface area contributed by atoms with Crippen molar-refractivity contribution < 1.29 is 29.0 Å². The standard InChI is InChI=1S/C20H24O6/c1-9(2)8-14(22)25-18-15-11(4)19(24)26-17(15)16(23)10(3)12-6-7-13(21)20(12,18)5/h6-8,10,12,15-18,23H,4H2,1-3,5H3/t10-,12-,15+,16+,17-,18-,20-/m0/s1. The number of hydrogen-bond donors (Lipinski definition) is 1. The molecule has 1 saturated carbocycles. The van der Waals surface area contributed by atoms with Crippen molar-refractivity contribution in [3.8, 4) is 0 Å². The van der Waals surface area contributed by atoms with Gasteiger partial charge in [0.1, 0.15) is 12.2 Å². The van der Waals surface area contributed by atoms with Crippen molar-refractivity contribution in [2.45, 2.75) is 46.0 Å². The maximum Gasteiger partial charge on any atom is 0.334 e. The quantitative estimate of drug-likeness (QED) is 0.596. The highest BCUT2D eigenvalue weighted by molar-refractivity contribution is 5.99. The van der Waals surface area contributed by atoms with E-state index in [4.69, 9.17) is 9.47 Å². The Bertz CT molecular complexity index is 743. The van der Waals surface area contributed by atoms with Crippen LogP contribution in [-0.4, -0.2) is 41.1 Å². The molecule has 1 aliphatic heterocycles. The summed E-state index contributed by atoms with van der Waals surface area (Å²) in [5, 5.41) is 10.8. The highest BCUT2D eigenvalue weighted by Gasteiger charge is 2.64. The second-order valence-corrected chi connectivity index (χ2v) is 7.88. The maximum absolute atomic E-state index is 12.8. The predicted molar refractivity (Wildman–Crippen MR) is 92.7 cm³/mol. The minimum absolute atomic E-state index is 0.123. The number of aliphatic hydroxyl groups excluding tert-OH is 1. The zero-order valence-corrected chi connectivity index (χ0v) is 15.4. The minimum Gasteiger partial charge on any atom is -0.457 e. The molecule has 140 valence electrons. The minimum atomic E-state index is -1.10. The van der Waals surface area contributed by atoms with Crippen molar-refractivity contribution in [2.24, 2.45) is 23.2 Å². The largest absolute Gasteiger partial charge is 0.457 e. The van der Waals surface area contributed by atoms with Crippen molar-refractivity contribution >= 4 is 17.7 Å². The van der Waals surface area contributed by atoms with Gasteiger partial charge >= 0.3 is 11.9 Å². The highest BCUT2D eigenvalue weighted by Crippen LogP contribution is 2.54. The van der Waals surface area contributed by atoms with Crippen LogP contribution in [0.25, 0.3) is 0 Å². The summed E-state index contributed by atoms with van der Waals surface area (Å²) in [4.78, 5) is 37.3. The van der Waals surface area contributed by atoms with Crippen LogP contribution in [0, 0.1) is 23.2 Å². The lowest BCUT2D eigenvalue weighted by Gasteiger charge is -2.39. The van der Waals surface area contributed by atoms with E-state index in [1.807, 2.05) is 6.92 Å². The van der Waals surface area contributed by atoms with Crippen molar-refractivity contribution in [1.29, 1.82) is 0 Å². The predicted octanol–water partition coefficient (Wildman–Crippen LogP) is 1.73. The van der Waals surface area contributed by atoms with Gasteiger partial charge in [-0.25, -0.2) is 9.59 Å². The molecule has 0 amide bonds. The van der Waals surface area contributed by atoms with Gasteiger partial charge in [-0.1, -0.05) is 25.2 Å². The molecule has 0 unspecified atom stereocenters. The number of ether oxygens (including phenoxy) is 2. The van der Waals surface area contributed by atoms with Crippen LogP contribution in [0.15, 0.2) is 36.0 Å². The lowest BCUT2D eigenvalue weighted by Crippen LogP contribution is -2.49. The molecule has 6 nitrogen and oxygen atoms in total. The summed E-state index contributed by atoms with van der Waals surface area (Å²) >= 11 is 0. The number of rotatable bonds is 2. The lowest BCUT2D eigenvalue weighted by molar-refractivity contribution is -0.160. The Balaban J connectivity index is 2.12. The first-order valence-electron chi connectivity index (χ1n) is 8.75. The maximum atomic E-state index is 12.8. The van der Waals surface area contributed by atoms with Gasteiger partial charge in [0.15, 0.2) is 5.78 Å². The number of fused-ring (bicyclic) bond motifs is 2. The smallest absolute Gasteiger partial charge is 0.334 e. The molecular formula is C20H24O6. The van der Waals surface area contributed by atoms with Crippen molar-refractivity contribution in [2.75, 3.05) is 0 Å². The van der Waals surface area contributed by atoms with E-state index in [0.717, 1.165) is 5.57 Å². The summed E-state index contributed by atoms with van der Waals surface area (Å²) in [6.45, 7) is 10.8. The van der Waals surface area contributed by atoms with Gasteiger partial charge in [-0.05, 0) is 38.7 Å². The normalized spacial score (nSPS) is 41.2. The van der Waals surface area contributed by atoms with Crippen molar-refractivity contribution in [3.05, 3.63) is 36.0 Å². The van der Waals surface area contributed by atoms with Crippen LogP contribution >= 0.6 is 0 Å². The van der Waals surface area contributed by atoms with E-state index < -0.39 is 41.6 Å². The van der Waals surface area contributed by atoms with Gasteiger partial charge in [-0.2, -0.15) is 0 Å². The first-order valence-corrected chi connectivity index (χ1v) is 8.75. The lowest BCUT2D eigenvalue weighted by atomic mass is 9.67. The van der Waals surface area contributed by atoms with Crippen LogP contribution < -0.4 is 0 Å². The zero-order valence-electron chi connectivity index (χ0n) is 15.4. The molecule has 1 saturated heterocycles. The van der Waals surface area contributed by atoms with Crippen LogP contribution in [-0.2, 0) is 23.9 Å². The molecule has 0 radical (unpaired) electrons. The fourth-order valence-electron chi connectivity index (χ4n) is 4.51. The Morgan fingerprint density at radius 1 is 1.38 bits per heavy atom. The van der Waals surface area contributed by atoms with Crippen LogP contribution in [0.3, 0.4) is 0 Å². The van der Waals surface area contributed by atoms with Crippen molar-refractivity contribution in [3.63, 3.8) is 0 Å². The zero-order chi connectivity index (χ0) is 19.4. The average molecular weight is 360 g/mol. The van der Waals surface area contributed by atoms with Gasteiger partial charge < -0.3 is 14.6 Å². The van der Waals surface area contributed by atoms with Gasteiger partial charge in [0, 0.05) is 11.6 Å². The number of ketones is 1. The molecule has 1 N–H and O–H groups in total. The Hall–Kier alpha value is -2.21. The number of aliphatic hydroxyl groups is 1. The molecular weight excluding hydrogens is 336 g/mol. The molecule has 26 heavy (non-hydrogen) atoms. The molecule has 6 heteroatoms. The first-order chi connectivity index (χ1) is 12.1. The van der Waals surface area contributed by atoms with Crippen LogP contribution in [0.5, 0.6) is 0 Å². The van der Waals surface area contributed by atoms with Gasteiger partial charge in [0.2, 0.25) is 0 Å². The summed E-state index contributed by atoms with van der Waals surface area (Å²) in [7, 11) is 0. The third-order valence-electron chi connectivity index (χ3n) is 5.95. The van der Waals surface area contributed by atoms with E-state index in [0.29, 0.717) is 0 Å². The number of carbonyl (C=O) groups is 3. The van der Waals surface area contributed by atoms with Gasteiger partial charge in [0.25, 0.3) is 0 Å². The summed E-state index contributed by atoms with van der Waals surface area (Å²) in [6.07, 6.45) is 1.72. The van der Waals surface area contributed by atoms with E-state index in [2.05, 4.69) is 6.58 Å². The number of esters is 2. The van der Waals surface area contributed by atoms with Gasteiger partial charge in [-0.3, -0.25) is 4.79 Å². The monoisotopic (exact) mass is 360 g/mol. The third-order valence-corrected chi connectivity index (χ3v) is 5.95. The summed E-state index contributed by atoms with van der Waals surface area (Å²) < 4.78 is 11.1. The Kier molecular flexibility index (Phi) is 4.43. The van der Waals surface area contributed by atoms with Crippen LogP contribution in [0.2, 0.25) is 0 Å². The Morgan fingerprint density at radius 2 is 2.04 bits per heavy atom. The summed E-state index contributed by atoms with van der Waals surface area (Å²) in [6, 6.07) is 0. The molecule has 1 heterocycles. The molecule has 3 rings (SSSR count). The van der Waals surface area contributed by atoms with Crippen LogP contribution in [0.4, 0.5) is 0 Å². The topological polar surface area (TPSA) is 89.9 Å². The SMILES string of the molecule is C=C1C(=O)O[C@@H]2[C@H](O)[C@@H](C)[C@@H]3C=CC(=O)[C@@]3(C)[C@@H](OC(=O)C=C(C)C)[C@H]12. The molecule has 0 aromatic heterocycles. The summed E-state index contributed by atoms with van der Waals surface area (Å²) in [5.41, 5.74) is -0.219. The first kappa shape index (κ1) is 18.6. The third kappa shape index (κ3) is 2.55. The van der Waals surface area contributed by atoms with Gasteiger partial charge in [0.05, 0.1) is 17.4 Å². The van der Waals surface area contributed by atoms with Crippen LogP contribution in [0.1, 0.15) is 27.7 Å². The Labute approximate surface area is 152 Å². The molecule has 0 spiro atoms. The molecule has 7 atom stereocenters. The molecule has 2 fully saturated rings. The second-order valence-electron chi connectivity index (χ2n) is 7.88. The Morgan fingerprint density at radius 3 is 2.65 bits per heavy atom. The average Bonchev–Trinajstić information content (AvgIpc) is 2.99. The second kappa shape index (κ2) is 6.20. The van der Waals surface area contributed by atoms with E-state index in [9.17, 15) is 19.5 Å². The van der Waals surface area contributed by atoms with E-state index in [-0.39, 0.29) is 23.2 Å². The number of carbonyl (C=O) groups excluding carboxylic acids is 3.